The molecule has 0 aliphatic heterocycles. The molecule has 4 heteroatoms. The Balaban J connectivity index is 2.06. The number of benzene rings is 1. The van der Waals surface area contributed by atoms with Crippen molar-refractivity contribution in [1.82, 2.24) is 14.5 Å². The van der Waals surface area contributed by atoms with Gasteiger partial charge >= 0.3 is 0 Å². The van der Waals surface area contributed by atoms with Crippen molar-refractivity contribution in [2.45, 2.75) is 13.3 Å². The van der Waals surface area contributed by atoms with E-state index in [2.05, 4.69) is 20.6 Å². The third-order valence-electron chi connectivity index (χ3n) is 3.50. The summed E-state index contributed by atoms with van der Waals surface area (Å²) >= 11 is 0. The fourth-order valence-corrected chi connectivity index (χ4v) is 2.27. The molecule has 0 fully saturated rings. The Morgan fingerprint density at radius 3 is 2.79 bits per heavy atom. The number of rotatable bonds is 2. The van der Waals surface area contributed by atoms with Gasteiger partial charge in [0.15, 0.2) is 0 Å². The summed E-state index contributed by atoms with van der Waals surface area (Å²) in [7, 11) is 2.02. The summed E-state index contributed by atoms with van der Waals surface area (Å²) in [6.07, 6.45) is 2.45. The van der Waals surface area contributed by atoms with Crippen LogP contribution in [0.15, 0.2) is 36.5 Å². The molecule has 0 saturated heterocycles. The minimum absolute atomic E-state index is 0.651. The number of nitrogen functional groups attached to an aromatic ring is 1. The monoisotopic (exact) mass is 252 g/mol. The number of aryl methyl sites for hydroxylation is 2. The molecule has 0 spiro atoms. The molecule has 0 atom stereocenters. The molecule has 96 valence electrons. The van der Waals surface area contributed by atoms with Crippen molar-refractivity contribution in [2.75, 3.05) is 5.73 Å². The quantitative estimate of drug-likeness (QED) is 0.762. The number of hydrogen-bond donors (Lipinski definition) is 1. The summed E-state index contributed by atoms with van der Waals surface area (Å²) in [4.78, 5) is 9.01. The van der Waals surface area contributed by atoms with Crippen molar-refractivity contribution in [2.24, 2.45) is 7.05 Å². The number of pyridine rings is 1. The zero-order valence-corrected chi connectivity index (χ0v) is 11.1. The molecule has 2 N–H and O–H groups in total. The summed E-state index contributed by atoms with van der Waals surface area (Å²) in [6, 6.07) is 10.0. The lowest BCUT2D eigenvalue weighted by atomic mass is 10.1. The summed E-state index contributed by atoms with van der Waals surface area (Å²) < 4.78 is 2.10. The number of anilines is 1. The standard InChI is InChI=1S/C15H16N4/c1-10-7-8-17-12(15(10)16)9-14-18-11-5-3-4-6-13(11)19(14)2/h3-8H,9,16H2,1-2H3. The van der Waals surface area contributed by atoms with Crippen LogP contribution in [0.5, 0.6) is 0 Å². The van der Waals surface area contributed by atoms with Crippen molar-refractivity contribution in [3.63, 3.8) is 0 Å². The summed E-state index contributed by atoms with van der Waals surface area (Å²) in [5.41, 5.74) is 10.9. The molecule has 0 radical (unpaired) electrons. The molecule has 0 bridgehead atoms. The van der Waals surface area contributed by atoms with Crippen molar-refractivity contribution in [3.8, 4) is 0 Å². The van der Waals surface area contributed by atoms with E-state index in [-0.39, 0.29) is 0 Å². The second-order valence-electron chi connectivity index (χ2n) is 4.74. The molecule has 4 nitrogen and oxygen atoms in total. The number of aromatic nitrogens is 3. The van der Waals surface area contributed by atoms with Gasteiger partial charge in [-0.3, -0.25) is 4.98 Å². The largest absolute Gasteiger partial charge is 0.397 e. The maximum atomic E-state index is 6.08. The Kier molecular flexibility index (Phi) is 2.71. The second kappa shape index (κ2) is 4.39. The average molecular weight is 252 g/mol. The van der Waals surface area contributed by atoms with Gasteiger partial charge in [0.05, 0.1) is 28.8 Å². The lowest BCUT2D eigenvalue weighted by Crippen LogP contribution is -2.05. The molecular formula is C15H16N4. The molecule has 2 heterocycles. The average Bonchev–Trinajstić information content (AvgIpc) is 2.73. The molecule has 0 saturated carbocycles. The van der Waals surface area contributed by atoms with Gasteiger partial charge in [0.1, 0.15) is 5.82 Å². The van der Waals surface area contributed by atoms with E-state index in [9.17, 15) is 0 Å². The second-order valence-corrected chi connectivity index (χ2v) is 4.74. The van der Waals surface area contributed by atoms with Gasteiger partial charge in [0.25, 0.3) is 0 Å². The first-order valence-electron chi connectivity index (χ1n) is 6.27. The minimum atomic E-state index is 0.651. The summed E-state index contributed by atoms with van der Waals surface area (Å²) in [5, 5.41) is 0. The Bertz CT molecular complexity index is 743. The third kappa shape index (κ3) is 1.95. The Labute approximate surface area is 111 Å². The molecule has 3 rings (SSSR count). The molecule has 19 heavy (non-hydrogen) atoms. The first-order chi connectivity index (χ1) is 9.16. The highest BCUT2D eigenvalue weighted by atomic mass is 15.1. The Hall–Kier alpha value is -2.36. The number of hydrogen-bond acceptors (Lipinski definition) is 3. The van der Waals surface area contributed by atoms with Gasteiger partial charge in [-0.25, -0.2) is 4.98 Å². The third-order valence-corrected chi connectivity index (χ3v) is 3.50. The first-order valence-corrected chi connectivity index (χ1v) is 6.27. The van der Waals surface area contributed by atoms with Crippen LogP contribution in [-0.4, -0.2) is 14.5 Å². The highest BCUT2D eigenvalue weighted by Gasteiger charge is 2.11. The van der Waals surface area contributed by atoms with Gasteiger partial charge in [-0.15, -0.1) is 0 Å². The van der Waals surface area contributed by atoms with Crippen LogP contribution in [0, 0.1) is 6.92 Å². The van der Waals surface area contributed by atoms with Crippen LogP contribution in [0.2, 0.25) is 0 Å². The van der Waals surface area contributed by atoms with Crippen molar-refractivity contribution in [3.05, 3.63) is 53.6 Å². The predicted octanol–water partition coefficient (Wildman–Crippen LogP) is 2.45. The topological polar surface area (TPSA) is 56.7 Å². The van der Waals surface area contributed by atoms with Gasteiger partial charge in [0.2, 0.25) is 0 Å². The molecule has 0 unspecified atom stereocenters. The molecular weight excluding hydrogens is 236 g/mol. The fraction of sp³-hybridized carbons (Fsp3) is 0.200. The van der Waals surface area contributed by atoms with E-state index in [1.165, 1.54) is 0 Å². The van der Waals surface area contributed by atoms with E-state index in [0.29, 0.717) is 6.42 Å². The van der Waals surface area contributed by atoms with Crippen molar-refractivity contribution >= 4 is 16.7 Å². The molecule has 0 aliphatic rings. The smallest absolute Gasteiger partial charge is 0.115 e. The van der Waals surface area contributed by atoms with E-state index in [1.54, 1.807) is 6.20 Å². The van der Waals surface area contributed by atoms with Gasteiger partial charge in [-0.05, 0) is 30.7 Å². The lowest BCUT2D eigenvalue weighted by Gasteiger charge is -2.07. The fourth-order valence-electron chi connectivity index (χ4n) is 2.27. The Morgan fingerprint density at radius 1 is 1.21 bits per heavy atom. The van der Waals surface area contributed by atoms with Crippen LogP contribution in [0.1, 0.15) is 17.1 Å². The van der Waals surface area contributed by atoms with Crippen LogP contribution >= 0.6 is 0 Å². The van der Waals surface area contributed by atoms with Crippen LogP contribution < -0.4 is 5.73 Å². The number of fused-ring (bicyclic) bond motifs is 1. The lowest BCUT2D eigenvalue weighted by molar-refractivity contribution is 0.833. The van der Waals surface area contributed by atoms with Crippen LogP contribution in [0.25, 0.3) is 11.0 Å². The first kappa shape index (κ1) is 11.7. The molecule has 2 aromatic heterocycles. The summed E-state index contributed by atoms with van der Waals surface area (Å²) in [6.45, 7) is 2.00. The number of imidazole rings is 1. The molecule has 0 amide bonds. The van der Waals surface area contributed by atoms with Crippen LogP contribution in [-0.2, 0) is 13.5 Å². The highest BCUT2D eigenvalue weighted by Crippen LogP contribution is 2.20. The molecule has 3 aromatic rings. The van der Waals surface area contributed by atoms with Gasteiger partial charge in [0, 0.05) is 13.2 Å². The molecule has 1 aromatic carbocycles. The number of nitrogens with two attached hydrogens (primary N) is 1. The normalized spacial score (nSPS) is 11.1. The van der Waals surface area contributed by atoms with Gasteiger partial charge < -0.3 is 10.3 Å². The van der Waals surface area contributed by atoms with Crippen LogP contribution in [0.3, 0.4) is 0 Å². The minimum Gasteiger partial charge on any atom is -0.397 e. The Morgan fingerprint density at radius 2 is 2.00 bits per heavy atom. The predicted molar refractivity (Wildman–Crippen MR) is 76.9 cm³/mol. The molecule has 0 aliphatic carbocycles. The SMILES string of the molecule is Cc1ccnc(Cc2nc3ccccc3n2C)c1N. The number of nitrogens with zero attached hydrogens (tertiary/aromatic N) is 3. The zero-order valence-electron chi connectivity index (χ0n) is 11.1. The zero-order chi connectivity index (χ0) is 13.4. The van der Waals surface area contributed by atoms with Crippen molar-refractivity contribution in [1.29, 1.82) is 0 Å². The van der Waals surface area contributed by atoms with Crippen LogP contribution in [0.4, 0.5) is 5.69 Å². The summed E-state index contributed by atoms with van der Waals surface area (Å²) in [5.74, 6) is 0.978. The highest BCUT2D eigenvalue weighted by molar-refractivity contribution is 5.75. The van der Waals surface area contributed by atoms with Gasteiger partial charge in [-0.1, -0.05) is 12.1 Å². The van der Waals surface area contributed by atoms with Gasteiger partial charge in [-0.2, -0.15) is 0 Å². The van der Waals surface area contributed by atoms with E-state index >= 15 is 0 Å². The number of para-hydroxylation sites is 2. The van der Waals surface area contributed by atoms with E-state index < -0.39 is 0 Å². The van der Waals surface area contributed by atoms with E-state index in [1.807, 2.05) is 38.2 Å². The maximum Gasteiger partial charge on any atom is 0.115 e. The van der Waals surface area contributed by atoms with E-state index in [0.717, 1.165) is 33.8 Å². The van der Waals surface area contributed by atoms with Crippen molar-refractivity contribution < 1.29 is 0 Å². The van der Waals surface area contributed by atoms with E-state index in [4.69, 9.17) is 5.73 Å². The maximum absolute atomic E-state index is 6.08.